The summed E-state index contributed by atoms with van der Waals surface area (Å²) in [5.41, 5.74) is 6.29. The Hall–Kier alpha value is -1.36. The van der Waals surface area contributed by atoms with Gasteiger partial charge < -0.3 is 10.6 Å². The number of rotatable bonds is 2. The monoisotopic (exact) mass is 252 g/mol. The van der Waals surface area contributed by atoms with Crippen LogP contribution in [-0.2, 0) is 4.79 Å². The van der Waals surface area contributed by atoms with Crippen LogP contribution in [-0.4, -0.2) is 29.8 Å². The molecule has 2 amide bonds. The summed E-state index contributed by atoms with van der Waals surface area (Å²) in [6.07, 6.45) is 1.37. The van der Waals surface area contributed by atoms with Gasteiger partial charge in [0, 0.05) is 19.0 Å². The molecule has 0 bridgehead atoms. The third-order valence-electron chi connectivity index (χ3n) is 3.24. The van der Waals surface area contributed by atoms with Crippen molar-refractivity contribution in [1.82, 2.24) is 4.90 Å². The Bertz CT molecular complexity index is 433. The van der Waals surface area contributed by atoms with Crippen molar-refractivity contribution in [2.24, 2.45) is 11.7 Å². The van der Waals surface area contributed by atoms with Crippen molar-refractivity contribution < 1.29 is 9.59 Å². The first-order valence-corrected chi connectivity index (χ1v) is 6.60. The van der Waals surface area contributed by atoms with E-state index in [1.807, 2.05) is 23.3 Å². The zero-order valence-electron chi connectivity index (χ0n) is 9.81. The fourth-order valence-corrected chi connectivity index (χ4v) is 2.99. The van der Waals surface area contributed by atoms with Crippen molar-refractivity contribution in [2.75, 3.05) is 13.1 Å². The molecule has 1 aromatic heterocycles. The van der Waals surface area contributed by atoms with Crippen molar-refractivity contribution in [3.63, 3.8) is 0 Å². The van der Waals surface area contributed by atoms with Crippen molar-refractivity contribution in [1.29, 1.82) is 0 Å². The van der Waals surface area contributed by atoms with Gasteiger partial charge in [0.1, 0.15) is 0 Å². The van der Waals surface area contributed by atoms with E-state index in [-0.39, 0.29) is 17.7 Å². The molecule has 0 aliphatic carbocycles. The van der Waals surface area contributed by atoms with Gasteiger partial charge in [0.05, 0.1) is 4.88 Å². The fraction of sp³-hybridized carbons (Fsp3) is 0.500. The summed E-state index contributed by atoms with van der Waals surface area (Å²) in [7, 11) is 0. The lowest BCUT2D eigenvalue weighted by atomic mass is 9.96. The van der Waals surface area contributed by atoms with Crippen molar-refractivity contribution in [2.45, 2.75) is 19.8 Å². The number of thiophene rings is 1. The minimum absolute atomic E-state index is 0.0662. The number of primary amides is 1. The second kappa shape index (κ2) is 4.87. The Kier molecular flexibility index (Phi) is 3.47. The summed E-state index contributed by atoms with van der Waals surface area (Å²) >= 11 is 1.48. The number of nitrogens with two attached hydrogens (primary N) is 1. The molecule has 1 aliphatic rings. The quantitative estimate of drug-likeness (QED) is 0.864. The highest BCUT2D eigenvalue weighted by Crippen LogP contribution is 2.22. The van der Waals surface area contributed by atoms with E-state index in [9.17, 15) is 9.59 Å². The smallest absolute Gasteiger partial charge is 0.264 e. The standard InChI is InChI=1S/C12H16N2O2S/c1-8-4-7-17-10(8)12(16)14-5-2-9(3-6-14)11(13)15/h4,7,9H,2-3,5-6H2,1H3,(H2,13,15). The maximum atomic E-state index is 12.2. The zero-order valence-corrected chi connectivity index (χ0v) is 10.6. The first-order chi connectivity index (χ1) is 8.09. The highest BCUT2D eigenvalue weighted by Gasteiger charge is 2.27. The third kappa shape index (κ3) is 2.49. The molecule has 0 atom stereocenters. The Morgan fingerprint density at radius 2 is 2.06 bits per heavy atom. The number of carbonyl (C=O) groups is 2. The highest BCUT2D eigenvalue weighted by atomic mass is 32.1. The van der Waals surface area contributed by atoms with Crippen LogP contribution in [0.5, 0.6) is 0 Å². The van der Waals surface area contributed by atoms with Gasteiger partial charge in [0.2, 0.25) is 5.91 Å². The SMILES string of the molecule is Cc1ccsc1C(=O)N1CCC(C(N)=O)CC1. The van der Waals surface area contributed by atoms with E-state index in [1.54, 1.807) is 0 Å². The molecule has 2 N–H and O–H groups in total. The third-order valence-corrected chi connectivity index (χ3v) is 4.25. The molecule has 5 heteroatoms. The van der Waals surface area contributed by atoms with Crippen LogP contribution in [0, 0.1) is 12.8 Å². The van der Waals surface area contributed by atoms with Crippen LogP contribution in [0.25, 0.3) is 0 Å². The minimum atomic E-state index is -0.246. The molecule has 1 aromatic rings. The Labute approximate surface area is 104 Å². The average molecular weight is 252 g/mol. The fourth-order valence-electron chi connectivity index (χ4n) is 2.10. The zero-order chi connectivity index (χ0) is 12.4. The lowest BCUT2D eigenvalue weighted by Crippen LogP contribution is -2.41. The molecule has 1 fully saturated rings. The van der Waals surface area contributed by atoms with Gasteiger partial charge in [0.25, 0.3) is 5.91 Å². The van der Waals surface area contributed by atoms with Gasteiger partial charge in [-0.25, -0.2) is 0 Å². The van der Waals surface area contributed by atoms with Gasteiger partial charge in [-0.15, -0.1) is 11.3 Å². The van der Waals surface area contributed by atoms with Crippen LogP contribution in [0.1, 0.15) is 28.1 Å². The number of hydrogen-bond donors (Lipinski definition) is 1. The lowest BCUT2D eigenvalue weighted by Gasteiger charge is -2.30. The predicted octanol–water partition coefficient (Wildman–Crippen LogP) is 1.39. The lowest BCUT2D eigenvalue weighted by molar-refractivity contribution is -0.123. The highest BCUT2D eigenvalue weighted by molar-refractivity contribution is 7.12. The molecule has 2 rings (SSSR count). The number of carbonyl (C=O) groups excluding carboxylic acids is 2. The molecular weight excluding hydrogens is 236 g/mol. The van der Waals surface area contributed by atoms with Gasteiger partial charge in [0.15, 0.2) is 0 Å². The molecular formula is C12H16N2O2S. The maximum Gasteiger partial charge on any atom is 0.264 e. The predicted molar refractivity (Wildman–Crippen MR) is 66.9 cm³/mol. The second-order valence-electron chi connectivity index (χ2n) is 4.40. The molecule has 0 aromatic carbocycles. The van der Waals surface area contributed by atoms with Crippen molar-refractivity contribution in [3.8, 4) is 0 Å². The summed E-state index contributed by atoms with van der Waals surface area (Å²) < 4.78 is 0. The van der Waals surface area contributed by atoms with Gasteiger partial charge in [-0.3, -0.25) is 9.59 Å². The van der Waals surface area contributed by atoms with E-state index in [4.69, 9.17) is 5.73 Å². The number of amides is 2. The largest absolute Gasteiger partial charge is 0.369 e. The van der Waals surface area contributed by atoms with Crippen molar-refractivity contribution in [3.05, 3.63) is 21.9 Å². The molecule has 17 heavy (non-hydrogen) atoms. The molecule has 92 valence electrons. The van der Waals surface area contributed by atoms with E-state index in [0.29, 0.717) is 25.9 Å². The van der Waals surface area contributed by atoms with Crippen LogP contribution in [0.2, 0.25) is 0 Å². The summed E-state index contributed by atoms with van der Waals surface area (Å²) in [4.78, 5) is 25.8. The average Bonchev–Trinajstić information content (AvgIpc) is 2.74. The van der Waals surface area contributed by atoms with Crippen LogP contribution in [0.15, 0.2) is 11.4 Å². The molecule has 4 nitrogen and oxygen atoms in total. The Morgan fingerprint density at radius 3 is 2.53 bits per heavy atom. The van der Waals surface area contributed by atoms with Gasteiger partial charge in [-0.1, -0.05) is 0 Å². The van der Waals surface area contributed by atoms with E-state index >= 15 is 0 Å². The summed E-state index contributed by atoms with van der Waals surface area (Å²) in [5.74, 6) is -0.228. The van der Waals surface area contributed by atoms with Crippen LogP contribution in [0.3, 0.4) is 0 Å². The summed E-state index contributed by atoms with van der Waals surface area (Å²) in [6, 6.07) is 1.95. The maximum absolute atomic E-state index is 12.2. The number of nitrogens with zero attached hydrogens (tertiary/aromatic N) is 1. The number of likely N-dealkylation sites (tertiary alicyclic amines) is 1. The van der Waals surface area contributed by atoms with Crippen LogP contribution in [0.4, 0.5) is 0 Å². The second-order valence-corrected chi connectivity index (χ2v) is 5.32. The van der Waals surface area contributed by atoms with E-state index in [2.05, 4.69) is 0 Å². The summed E-state index contributed by atoms with van der Waals surface area (Å²) in [6.45, 7) is 3.20. The minimum Gasteiger partial charge on any atom is -0.369 e. The molecule has 0 radical (unpaired) electrons. The van der Waals surface area contributed by atoms with Gasteiger partial charge in [-0.2, -0.15) is 0 Å². The van der Waals surface area contributed by atoms with Gasteiger partial charge in [-0.05, 0) is 36.8 Å². The molecule has 1 aliphatic heterocycles. The number of hydrogen-bond acceptors (Lipinski definition) is 3. The first kappa shape index (κ1) is 12.1. The number of piperidine rings is 1. The molecule has 0 spiro atoms. The first-order valence-electron chi connectivity index (χ1n) is 5.72. The van der Waals surface area contributed by atoms with Crippen molar-refractivity contribution >= 4 is 23.2 Å². The molecule has 0 unspecified atom stereocenters. The number of aryl methyl sites for hydroxylation is 1. The topological polar surface area (TPSA) is 63.4 Å². The molecule has 2 heterocycles. The van der Waals surface area contributed by atoms with E-state index in [0.717, 1.165) is 10.4 Å². The van der Waals surface area contributed by atoms with Gasteiger partial charge >= 0.3 is 0 Å². The summed E-state index contributed by atoms with van der Waals surface area (Å²) in [5, 5.41) is 1.93. The molecule has 0 saturated carbocycles. The Balaban J connectivity index is 2.00. The normalized spacial score (nSPS) is 17.1. The van der Waals surface area contributed by atoms with Crippen LogP contribution < -0.4 is 5.73 Å². The molecule has 1 saturated heterocycles. The van der Waals surface area contributed by atoms with E-state index < -0.39 is 0 Å². The van der Waals surface area contributed by atoms with E-state index in [1.165, 1.54) is 11.3 Å². The van der Waals surface area contributed by atoms with Crippen LogP contribution >= 0.6 is 11.3 Å². The Morgan fingerprint density at radius 1 is 1.41 bits per heavy atom.